The number of carbonyl (C=O) groups is 2. The summed E-state index contributed by atoms with van der Waals surface area (Å²) >= 11 is 0. The predicted molar refractivity (Wildman–Crippen MR) is 71.0 cm³/mol. The molecule has 0 spiro atoms. The minimum atomic E-state index is -0.108. The number of urea groups is 1. The second-order valence-electron chi connectivity index (χ2n) is 4.43. The lowest BCUT2D eigenvalue weighted by molar-refractivity contribution is 0.0981. The summed E-state index contributed by atoms with van der Waals surface area (Å²) in [6.07, 6.45) is 2.42. The van der Waals surface area contributed by atoms with Gasteiger partial charge in [-0.25, -0.2) is 4.79 Å². The molecule has 2 rings (SSSR count). The van der Waals surface area contributed by atoms with Gasteiger partial charge in [-0.2, -0.15) is 0 Å². The number of nitrogens with zero attached hydrogens (tertiary/aromatic N) is 1. The Labute approximate surface area is 107 Å². The van der Waals surface area contributed by atoms with Crippen LogP contribution in [0, 0.1) is 0 Å². The molecule has 0 aliphatic carbocycles. The fourth-order valence-corrected chi connectivity index (χ4v) is 2.09. The minimum absolute atomic E-state index is 0.108. The summed E-state index contributed by atoms with van der Waals surface area (Å²) in [5, 5.41) is 2.88. The van der Waals surface area contributed by atoms with Crippen LogP contribution in [-0.4, -0.2) is 24.9 Å². The van der Waals surface area contributed by atoms with Crippen LogP contribution in [-0.2, 0) is 0 Å². The fourth-order valence-electron chi connectivity index (χ4n) is 2.09. The van der Waals surface area contributed by atoms with Crippen LogP contribution in [0.5, 0.6) is 0 Å². The number of benzene rings is 1. The van der Waals surface area contributed by atoms with Crippen molar-refractivity contribution in [3.05, 3.63) is 29.8 Å². The molecule has 0 atom stereocenters. The maximum Gasteiger partial charge on any atom is 0.321 e. The van der Waals surface area contributed by atoms with Crippen LogP contribution >= 0.6 is 0 Å². The van der Waals surface area contributed by atoms with Crippen LogP contribution in [0.25, 0.3) is 0 Å². The van der Waals surface area contributed by atoms with E-state index in [9.17, 15) is 9.59 Å². The number of hydrogen-bond acceptors (Lipinski definition) is 2. The van der Waals surface area contributed by atoms with Gasteiger partial charge in [0, 0.05) is 25.1 Å². The van der Waals surface area contributed by atoms with Crippen LogP contribution in [0.4, 0.5) is 10.5 Å². The van der Waals surface area contributed by atoms with Gasteiger partial charge in [-0.05, 0) is 18.6 Å². The van der Waals surface area contributed by atoms with E-state index in [-0.39, 0.29) is 11.8 Å². The molecule has 1 aromatic carbocycles. The van der Waals surface area contributed by atoms with Gasteiger partial charge < -0.3 is 5.32 Å². The van der Waals surface area contributed by atoms with Gasteiger partial charge in [-0.1, -0.05) is 25.5 Å². The minimum Gasteiger partial charge on any atom is -0.338 e. The van der Waals surface area contributed by atoms with E-state index < -0.39 is 0 Å². The van der Waals surface area contributed by atoms with Crippen LogP contribution in [0.1, 0.15) is 36.5 Å². The average molecular weight is 246 g/mol. The number of nitrogens with one attached hydrogen (secondary N) is 1. The summed E-state index contributed by atoms with van der Waals surface area (Å²) in [4.78, 5) is 25.5. The molecule has 4 heteroatoms. The highest BCUT2D eigenvalue weighted by molar-refractivity contribution is 6.08. The fraction of sp³-hybridized carbons (Fsp3) is 0.429. The van der Waals surface area contributed by atoms with Crippen molar-refractivity contribution in [3.8, 4) is 0 Å². The largest absolute Gasteiger partial charge is 0.338 e. The lowest BCUT2D eigenvalue weighted by Gasteiger charge is -2.28. The molecule has 0 unspecified atom stereocenters. The summed E-state index contributed by atoms with van der Waals surface area (Å²) in [5.74, 6) is 0.114. The number of Topliss-reactive ketones (excluding diaryl/α,β-unsaturated/α-hetero) is 1. The molecule has 0 bridgehead atoms. The summed E-state index contributed by atoms with van der Waals surface area (Å²) in [7, 11) is 0. The zero-order valence-electron chi connectivity index (χ0n) is 10.6. The van der Waals surface area contributed by atoms with Crippen molar-refractivity contribution < 1.29 is 9.59 Å². The Morgan fingerprint density at radius 3 is 2.94 bits per heavy atom. The monoisotopic (exact) mass is 246 g/mol. The smallest absolute Gasteiger partial charge is 0.321 e. The molecule has 2 amide bonds. The maximum atomic E-state index is 12.0. The Bertz CT molecular complexity index is 457. The molecule has 18 heavy (non-hydrogen) atoms. The van der Waals surface area contributed by atoms with E-state index >= 15 is 0 Å². The molecule has 1 aliphatic rings. The van der Waals surface area contributed by atoms with Gasteiger partial charge in [0.05, 0.1) is 5.69 Å². The van der Waals surface area contributed by atoms with E-state index in [0.717, 1.165) is 18.5 Å². The van der Waals surface area contributed by atoms with Gasteiger partial charge in [0.25, 0.3) is 0 Å². The van der Waals surface area contributed by atoms with Gasteiger partial charge >= 0.3 is 6.03 Å². The van der Waals surface area contributed by atoms with Crippen molar-refractivity contribution in [3.63, 3.8) is 0 Å². The quantitative estimate of drug-likeness (QED) is 0.833. The first-order chi connectivity index (χ1) is 8.74. The molecule has 1 aliphatic heterocycles. The molecule has 0 fully saturated rings. The lowest BCUT2D eigenvalue weighted by atomic mass is 10.0. The van der Waals surface area contributed by atoms with Gasteiger partial charge in [0.2, 0.25) is 0 Å². The van der Waals surface area contributed by atoms with Gasteiger partial charge in [0.15, 0.2) is 5.78 Å². The van der Waals surface area contributed by atoms with Crippen molar-refractivity contribution >= 4 is 17.5 Å². The van der Waals surface area contributed by atoms with Crippen molar-refractivity contribution in [2.75, 3.05) is 18.0 Å². The van der Waals surface area contributed by atoms with Crippen molar-refractivity contribution in [2.24, 2.45) is 0 Å². The first-order valence-electron chi connectivity index (χ1n) is 6.41. The number of unbranched alkanes of at least 4 members (excludes halogenated alkanes) is 1. The number of fused-ring (bicyclic) bond motifs is 1. The molecule has 1 heterocycles. The van der Waals surface area contributed by atoms with Crippen molar-refractivity contribution in [1.82, 2.24) is 5.32 Å². The Morgan fingerprint density at radius 2 is 2.17 bits per heavy atom. The lowest BCUT2D eigenvalue weighted by Crippen LogP contribution is -2.44. The topological polar surface area (TPSA) is 49.4 Å². The van der Waals surface area contributed by atoms with Crippen LogP contribution in [0.15, 0.2) is 24.3 Å². The molecule has 4 nitrogen and oxygen atoms in total. The number of amides is 2. The van der Waals surface area contributed by atoms with Crippen molar-refractivity contribution in [2.45, 2.75) is 26.2 Å². The molecule has 0 saturated heterocycles. The number of anilines is 1. The Kier molecular flexibility index (Phi) is 3.97. The third kappa shape index (κ3) is 2.53. The highest BCUT2D eigenvalue weighted by Gasteiger charge is 2.26. The zero-order chi connectivity index (χ0) is 13.0. The third-order valence-electron chi connectivity index (χ3n) is 3.11. The standard InChI is InChI=1S/C14H18N2O2/c1-2-3-9-15-14(18)16-10-8-13(17)11-6-4-5-7-12(11)16/h4-7H,2-3,8-10H2,1H3,(H,15,18). The highest BCUT2D eigenvalue weighted by Crippen LogP contribution is 2.26. The van der Waals surface area contributed by atoms with E-state index in [1.54, 1.807) is 11.0 Å². The van der Waals surface area contributed by atoms with Crippen LogP contribution in [0.2, 0.25) is 0 Å². The molecular formula is C14H18N2O2. The molecular weight excluding hydrogens is 228 g/mol. The number of para-hydroxylation sites is 1. The molecule has 0 saturated carbocycles. The first kappa shape index (κ1) is 12.6. The van der Waals surface area contributed by atoms with E-state index in [1.165, 1.54) is 0 Å². The molecule has 1 N–H and O–H groups in total. The molecule has 0 aromatic heterocycles. The van der Waals surface area contributed by atoms with Crippen molar-refractivity contribution in [1.29, 1.82) is 0 Å². The maximum absolute atomic E-state index is 12.0. The molecule has 0 radical (unpaired) electrons. The SMILES string of the molecule is CCCCNC(=O)N1CCC(=O)c2ccccc21. The Morgan fingerprint density at radius 1 is 1.39 bits per heavy atom. The van der Waals surface area contributed by atoms with E-state index in [0.29, 0.717) is 25.1 Å². The number of hydrogen-bond donors (Lipinski definition) is 1. The second-order valence-corrected chi connectivity index (χ2v) is 4.43. The van der Waals surface area contributed by atoms with E-state index in [1.807, 2.05) is 18.2 Å². The van der Waals surface area contributed by atoms with Gasteiger partial charge in [-0.3, -0.25) is 9.69 Å². The normalized spacial score (nSPS) is 14.3. The Hall–Kier alpha value is -1.84. The van der Waals surface area contributed by atoms with Gasteiger partial charge in [-0.15, -0.1) is 0 Å². The number of carbonyl (C=O) groups excluding carboxylic acids is 2. The average Bonchev–Trinajstić information content (AvgIpc) is 2.39. The number of ketones is 1. The Balaban J connectivity index is 2.13. The summed E-state index contributed by atoms with van der Waals surface area (Å²) in [6.45, 7) is 3.23. The molecule has 1 aromatic rings. The summed E-state index contributed by atoms with van der Waals surface area (Å²) in [5.41, 5.74) is 1.37. The second kappa shape index (κ2) is 5.67. The van der Waals surface area contributed by atoms with Crippen LogP contribution in [0.3, 0.4) is 0 Å². The predicted octanol–water partition coefficient (Wildman–Crippen LogP) is 2.59. The molecule has 96 valence electrons. The summed E-state index contributed by atoms with van der Waals surface area (Å²) in [6, 6.07) is 7.18. The zero-order valence-corrected chi connectivity index (χ0v) is 10.6. The number of rotatable bonds is 3. The van der Waals surface area contributed by atoms with Gasteiger partial charge in [0.1, 0.15) is 0 Å². The van der Waals surface area contributed by atoms with E-state index in [2.05, 4.69) is 12.2 Å². The van der Waals surface area contributed by atoms with Crippen LogP contribution < -0.4 is 10.2 Å². The highest BCUT2D eigenvalue weighted by atomic mass is 16.2. The summed E-state index contributed by atoms with van der Waals surface area (Å²) < 4.78 is 0. The third-order valence-corrected chi connectivity index (χ3v) is 3.11. The first-order valence-corrected chi connectivity index (χ1v) is 6.41. The van der Waals surface area contributed by atoms with E-state index in [4.69, 9.17) is 0 Å².